The summed E-state index contributed by atoms with van der Waals surface area (Å²) in [5.41, 5.74) is 9.80. The van der Waals surface area contributed by atoms with Crippen molar-refractivity contribution < 1.29 is 14.4 Å². The van der Waals surface area contributed by atoms with Gasteiger partial charge in [0.2, 0.25) is 0 Å². The summed E-state index contributed by atoms with van der Waals surface area (Å²) in [6.45, 7) is 1.14. The molecule has 0 spiro atoms. The van der Waals surface area contributed by atoms with E-state index in [1.165, 1.54) is 0 Å². The first-order chi connectivity index (χ1) is 3.25. The van der Waals surface area contributed by atoms with E-state index >= 15 is 0 Å². The Kier molecular flexibility index (Phi) is 1.76. The minimum absolute atomic E-state index is 1.14. The number of hydrogen-bond donors (Lipinski definition) is 5. The number of rotatable bonds is 1. The van der Waals surface area contributed by atoms with Gasteiger partial charge < -0.3 is 25.9 Å². The molecule has 0 unspecified atom stereocenters. The van der Waals surface area contributed by atoms with Gasteiger partial charge in [0.25, 0.3) is 0 Å². The van der Waals surface area contributed by atoms with Crippen LogP contribution in [-0.4, -0.2) is 28.5 Å². The highest BCUT2D eigenvalue weighted by Gasteiger charge is 2.44. The first-order valence-electron chi connectivity index (χ1n) is 2.00. The topological polar surface area (TPSA) is 113 Å². The summed E-state index contributed by atoms with van der Waals surface area (Å²) >= 11 is 0. The fourth-order valence-electron chi connectivity index (χ4n) is 0. The lowest BCUT2D eigenvalue weighted by Crippen LogP contribution is -2.69. The fraction of sp³-hybridized carbons (Fsp3) is 1.00. The van der Waals surface area contributed by atoms with Gasteiger partial charge in [-0.15, -0.1) is 0 Å². The van der Waals surface area contributed by atoms with Gasteiger partial charge in [0.05, 0.1) is 0 Å². The van der Waals surface area contributed by atoms with E-state index < -0.39 is 14.1 Å². The summed E-state index contributed by atoms with van der Waals surface area (Å²) in [6, 6.07) is 0. The normalized spacial score (nSPS) is 14.2. The molecule has 50 valence electrons. The van der Waals surface area contributed by atoms with E-state index in [9.17, 15) is 0 Å². The molecule has 0 aliphatic heterocycles. The van der Waals surface area contributed by atoms with Crippen molar-refractivity contribution in [1.82, 2.24) is 0 Å². The summed E-state index contributed by atoms with van der Waals surface area (Å²) < 4.78 is 0. The van der Waals surface area contributed by atoms with Crippen molar-refractivity contribution in [2.45, 2.75) is 12.2 Å². The van der Waals surface area contributed by atoms with Crippen molar-refractivity contribution in [2.24, 2.45) is 11.5 Å². The maximum absolute atomic E-state index is 8.35. The average molecular weight is 138 g/mol. The van der Waals surface area contributed by atoms with Crippen LogP contribution in [0.2, 0.25) is 0 Å². The molecule has 0 bridgehead atoms. The third-order valence-corrected chi connectivity index (χ3v) is 2.17. The number of nitrogens with two attached hydrogens (primary N) is 2. The summed E-state index contributed by atoms with van der Waals surface area (Å²) in [6.07, 6.45) is 0. The molecule has 0 radical (unpaired) electrons. The Hall–Kier alpha value is 0.0169. The summed E-state index contributed by atoms with van der Waals surface area (Å²) in [7, 11) is -4.30. The third-order valence-electron chi connectivity index (χ3n) is 0.723. The molecular weight excluding hydrogens is 128 g/mol. The predicted octanol–water partition coefficient (Wildman–Crippen LogP) is -2.92. The van der Waals surface area contributed by atoms with Gasteiger partial charge in [0.15, 0.2) is 0 Å². The molecule has 0 saturated carbocycles. The molecule has 0 atom stereocenters. The van der Waals surface area contributed by atoms with Gasteiger partial charge in [-0.05, 0) is 6.92 Å². The predicted molar refractivity (Wildman–Crippen MR) is 29.2 cm³/mol. The molecule has 0 rings (SSSR count). The first kappa shape index (κ1) is 8.02. The van der Waals surface area contributed by atoms with Crippen molar-refractivity contribution in [3.8, 4) is 0 Å². The van der Waals surface area contributed by atoms with Crippen molar-refractivity contribution in [1.29, 1.82) is 0 Å². The van der Waals surface area contributed by atoms with Gasteiger partial charge in [0.1, 0.15) is 5.29 Å². The fourth-order valence-corrected chi connectivity index (χ4v) is 0. The van der Waals surface area contributed by atoms with Crippen LogP contribution >= 0.6 is 0 Å². The minimum atomic E-state index is -4.30. The highest BCUT2D eigenvalue weighted by molar-refractivity contribution is 6.59. The maximum atomic E-state index is 8.35. The van der Waals surface area contributed by atoms with Crippen LogP contribution in [0.15, 0.2) is 0 Å². The van der Waals surface area contributed by atoms with Crippen molar-refractivity contribution in [2.75, 3.05) is 0 Å². The summed E-state index contributed by atoms with van der Waals surface area (Å²) in [5, 5.41) is -1.76. The molecule has 0 aromatic heterocycles. The largest absolute Gasteiger partial charge is 0.528 e. The molecule has 7 N–H and O–H groups in total. The van der Waals surface area contributed by atoms with E-state index in [1.54, 1.807) is 0 Å². The molecule has 8 heavy (non-hydrogen) atoms. The van der Waals surface area contributed by atoms with Gasteiger partial charge in [-0.3, -0.25) is 0 Å². The molecule has 0 aromatic carbocycles. The summed E-state index contributed by atoms with van der Waals surface area (Å²) in [4.78, 5) is 25.1. The molecule has 0 saturated heterocycles. The molecule has 6 heteroatoms. The first-order valence-corrected chi connectivity index (χ1v) is 3.84. The van der Waals surface area contributed by atoms with Crippen LogP contribution in [0.1, 0.15) is 6.92 Å². The van der Waals surface area contributed by atoms with Gasteiger partial charge >= 0.3 is 8.80 Å². The van der Waals surface area contributed by atoms with Crippen molar-refractivity contribution in [3.63, 3.8) is 0 Å². The second-order valence-corrected chi connectivity index (χ2v) is 4.27. The van der Waals surface area contributed by atoms with Crippen LogP contribution in [0.3, 0.4) is 0 Å². The highest BCUT2D eigenvalue weighted by Crippen LogP contribution is 1.98. The summed E-state index contributed by atoms with van der Waals surface area (Å²) in [5.74, 6) is 0. The lowest BCUT2D eigenvalue weighted by Gasteiger charge is -2.23. The maximum Gasteiger partial charge on any atom is 0.528 e. The second kappa shape index (κ2) is 1.76. The lowest BCUT2D eigenvalue weighted by atomic mass is 10.6. The van der Waals surface area contributed by atoms with Crippen LogP contribution in [0.4, 0.5) is 0 Å². The Morgan fingerprint density at radius 2 is 1.38 bits per heavy atom. The van der Waals surface area contributed by atoms with Crippen molar-refractivity contribution in [3.05, 3.63) is 0 Å². The molecule has 0 aromatic rings. The van der Waals surface area contributed by atoms with Crippen LogP contribution < -0.4 is 11.5 Å². The lowest BCUT2D eigenvalue weighted by molar-refractivity contribution is 0.187. The highest BCUT2D eigenvalue weighted by atomic mass is 28.4. The van der Waals surface area contributed by atoms with Crippen LogP contribution in [-0.2, 0) is 0 Å². The van der Waals surface area contributed by atoms with E-state index in [0.29, 0.717) is 0 Å². The molecule has 0 aliphatic carbocycles. The van der Waals surface area contributed by atoms with Crippen LogP contribution in [0, 0.1) is 0 Å². The van der Waals surface area contributed by atoms with E-state index in [1.807, 2.05) is 0 Å². The smallest absolute Gasteiger partial charge is 0.388 e. The Morgan fingerprint density at radius 3 is 1.38 bits per heavy atom. The zero-order valence-electron chi connectivity index (χ0n) is 4.50. The Labute approximate surface area is 47.9 Å². The van der Waals surface area contributed by atoms with Gasteiger partial charge in [-0.2, -0.15) is 0 Å². The molecular formula is C2H10N2O3Si. The average Bonchev–Trinajstić information content (AvgIpc) is 1.25. The quantitative estimate of drug-likeness (QED) is 0.197. The zero-order chi connectivity index (χ0) is 7.00. The Bertz CT molecular complexity index is 70.3. The van der Waals surface area contributed by atoms with Gasteiger partial charge in [-0.25, -0.2) is 0 Å². The Morgan fingerprint density at radius 1 is 1.25 bits per heavy atom. The molecule has 0 aliphatic rings. The number of hydrogen-bond acceptors (Lipinski definition) is 5. The van der Waals surface area contributed by atoms with E-state index in [2.05, 4.69) is 0 Å². The Balaban J connectivity index is 4.02. The van der Waals surface area contributed by atoms with Gasteiger partial charge in [0, 0.05) is 0 Å². The molecule has 0 heterocycles. The second-order valence-electron chi connectivity index (χ2n) is 1.92. The standard InChI is InChI=1S/C2H10N2O3Si/c1-2(3,4)8(5,6)7/h5-7H,3-4H2,1H3. The molecule has 5 nitrogen and oxygen atoms in total. The zero-order valence-corrected chi connectivity index (χ0v) is 5.50. The van der Waals surface area contributed by atoms with E-state index in [0.717, 1.165) is 6.92 Å². The monoisotopic (exact) mass is 138 g/mol. The minimum Gasteiger partial charge on any atom is -0.388 e. The van der Waals surface area contributed by atoms with Gasteiger partial charge in [-0.1, -0.05) is 0 Å². The third kappa shape index (κ3) is 1.86. The molecule has 0 fully saturated rings. The van der Waals surface area contributed by atoms with Crippen LogP contribution in [0.5, 0.6) is 0 Å². The SMILES string of the molecule is CC(N)(N)[Si](O)(O)O. The van der Waals surface area contributed by atoms with Crippen molar-refractivity contribution >= 4 is 8.80 Å². The molecule has 0 amide bonds. The van der Waals surface area contributed by atoms with E-state index in [-0.39, 0.29) is 0 Å². The van der Waals surface area contributed by atoms with Crippen LogP contribution in [0.25, 0.3) is 0 Å². The van der Waals surface area contributed by atoms with E-state index in [4.69, 9.17) is 25.9 Å².